The van der Waals surface area contributed by atoms with Crippen LogP contribution in [0.3, 0.4) is 0 Å². The summed E-state index contributed by atoms with van der Waals surface area (Å²) in [6.07, 6.45) is 3.98. The summed E-state index contributed by atoms with van der Waals surface area (Å²) >= 11 is 3.61. The van der Waals surface area contributed by atoms with Crippen molar-refractivity contribution in [2.45, 2.75) is 39.5 Å². The molecule has 2 nitrogen and oxygen atoms in total. The molecule has 0 saturated carbocycles. The van der Waals surface area contributed by atoms with Crippen molar-refractivity contribution in [3.8, 4) is 0 Å². The minimum Gasteiger partial charge on any atom is -0.396 e. The van der Waals surface area contributed by atoms with Crippen molar-refractivity contribution in [1.82, 2.24) is 4.98 Å². The molecular weight excluding hydrogens is 262 g/mol. The van der Waals surface area contributed by atoms with Crippen LogP contribution in [-0.2, 0) is 19.3 Å². The molecule has 18 heavy (non-hydrogen) atoms. The summed E-state index contributed by atoms with van der Waals surface area (Å²) in [5.74, 6) is 0. The summed E-state index contributed by atoms with van der Waals surface area (Å²) in [5, 5.41) is 12.2. The third kappa shape index (κ3) is 3.64. The minimum atomic E-state index is 0.283. The molecule has 2 aromatic heterocycles. The fourth-order valence-corrected chi connectivity index (χ4v) is 3.85. The molecule has 98 valence electrons. The summed E-state index contributed by atoms with van der Waals surface area (Å²) in [6, 6.07) is 2.29. The molecule has 0 fully saturated rings. The van der Waals surface area contributed by atoms with Gasteiger partial charge in [-0.05, 0) is 51.2 Å². The number of hydrogen-bond donors (Lipinski definition) is 1. The molecule has 0 aliphatic heterocycles. The van der Waals surface area contributed by atoms with Gasteiger partial charge >= 0.3 is 0 Å². The number of aliphatic hydroxyl groups excluding tert-OH is 1. The molecule has 0 atom stereocenters. The van der Waals surface area contributed by atoms with Crippen LogP contribution in [0, 0.1) is 13.8 Å². The molecular formula is C14H19NOS2. The summed E-state index contributed by atoms with van der Waals surface area (Å²) in [7, 11) is 0. The molecule has 0 radical (unpaired) electrons. The Morgan fingerprint density at radius 2 is 2.06 bits per heavy atom. The number of aromatic nitrogens is 1. The van der Waals surface area contributed by atoms with Crippen molar-refractivity contribution in [3.63, 3.8) is 0 Å². The second-order valence-electron chi connectivity index (χ2n) is 4.50. The monoisotopic (exact) mass is 281 g/mol. The summed E-state index contributed by atoms with van der Waals surface area (Å²) in [4.78, 5) is 7.36. The van der Waals surface area contributed by atoms with Crippen LogP contribution in [0.2, 0.25) is 0 Å². The largest absolute Gasteiger partial charge is 0.396 e. The van der Waals surface area contributed by atoms with E-state index in [9.17, 15) is 0 Å². The average Bonchev–Trinajstić information content (AvgIpc) is 2.91. The molecule has 4 heteroatoms. The van der Waals surface area contributed by atoms with Crippen LogP contribution in [-0.4, -0.2) is 16.7 Å². The SMILES string of the molecule is Cc1nc(CCc2cc(C)c(CCCO)s2)cs1. The fourth-order valence-electron chi connectivity index (χ4n) is 1.98. The van der Waals surface area contributed by atoms with E-state index >= 15 is 0 Å². The standard InChI is InChI=1S/C14H19NOS2/c1-10-8-13(18-14(10)4-3-7-16)6-5-12-9-17-11(2)15-12/h8-9,16H,3-7H2,1-2H3. The third-order valence-corrected chi connectivity index (χ3v) is 5.11. The third-order valence-electron chi connectivity index (χ3n) is 2.93. The van der Waals surface area contributed by atoms with E-state index in [1.807, 2.05) is 11.3 Å². The van der Waals surface area contributed by atoms with Gasteiger partial charge in [0.15, 0.2) is 0 Å². The Morgan fingerprint density at radius 1 is 1.22 bits per heavy atom. The zero-order valence-electron chi connectivity index (χ0n) is 10.9. The molecule has 0 aliphatic rings. The van der Waals surface area contributed by atoms with Gasteiger partial charge in [0.05, 0.1) is 10.7 Å². The lowest BCUT2D eigenvalue weighted by molar-refractivity contribution is 0.289. The summed E-state index contributed by atoms with van der Waals surface area (Å²) in [6.45, 7) is 4.50. The van der Waals surface area contributed by atoms with Gasteiger partial charge in [0.2, 0.25) is 0 Å². The van der Waals surface area contributed by atoms with Gasteiger partial charge in [-0.15, -0.1) is 22.7 Å². The number of nitrogens with zero attached hydrogens (tertiary/aromatic N) is 1. The molecule has 0 spiro atoms. The Kier molecular flexibility index (Phi) is 4.92. The smallest absolute Gasteiger partial charge is 0.0897 e. The lowest BCUT2D eigenvalue weighted by Gasteiger charge is -1.96. The van der Waals surface area contributed by atoms with Crippen LogP contribution in [0.4, 0.5) is 0 Å². The highest BCUT2D eigenvalue weighted by atomic mass is 32.1. The Labute approximate surface area is 116 Å². The van der Waals surface area contributed by atoms with Crippen molar-refractivity contribution >= 4 is 22.7 Å². The Balaban J connectivity index is 1.93. The topological polar surface area (TPSA) is 33.1 Å². The number of aryl methyl sites for hydroxylation is 5. The highest BCUT2D eigenvalue weighted by molar-refractivity contribution is 7.12. The van der Waals surface area contributed by atoms with Crippen molar-refractivity contribution in [1.29, 1.82) is 0 Å². The highest BCUT2D eigenvalue weighted by Crippen LogP contribution is 2.24. The molecule has 2 heterocycles. The Hall–Kier alpha value is -0.710. The Morgan fingerprint density at radius 3 is 2.72 bits per heavy atom. The molecule has 1 N–H and O–H groups in total. The van der Waals surface area contributed by atoms with Gasteiger partial charge in [-0.25, -0.2) is 4.98 Å². The first kappa shape index (κ1) is 13.7. The van der Waals surface area contributed by atoms with E-state index in [4.69, 9.17) is 5.11 Å². The lowest BCUT2D eigenvalue weighted by Crippen LogP contribution is -1.89. The first-order chi connectivity index (χ1) is 8.69. The normalized spacial score (nSPS) is 11.1. The van der Waals surface area contributed by atoms with E-state index in [0.29, 0.717) is 0 Å². The average molecular weight is 281 g/mol. The summed E-state index contributed by atoms with van der Waals surface area (Å²) in [5.41, 5.74) is 2.58. The van der Waals surface area contributed by atoms with Crippen molar-refractivity contribution in [2.75, 3.05) is 6.61 Å². The van der Waals surface area contributed by atoms with Gasteiger partial charge in [-0.3, -0.25) is 0 Å². The number of thiazole rings is 1. The maximum atomic E-state index is 8.88. The van der Waals surface area contributed by atoms with Gasteiger partial charge in [0.25, 0.3) is 0 Å². The fraction of sp³-hybridized carbons (Fsp3) is 0.500. The van der Waals surface area contributed by atoms with Crippen LogP contribution >= 0.6 is 22.7 Å². The zero-order chi connectivity index (χ0) is 13.0. The predicted octanol–water partition coefficient (Wildman–Crippen LogP) is 3.53. The van der Waals surface area contributed by atoms with Gasteiger partial charge in [0, 0.05) is 21.7 Å². The molecule has 0 aliphatic carbocycles. The minimum absolute atomic E-state index is 0.283. The van der Waals surface area contributed by atoms with Crippen molar-refractivity contribution < 1.29 is 5.11 Å². The maximum Gasteiger partial charge on any atom is 0.0897 e. The highest BCUT2D eigenvalue weighted by Gasteiger charge is 2.06. The number of hydrogen-bond acceptors (Lipinski definition) is 4. The van der Waals surface area contributed by atoms with E-state index in [0.717, 1.165) is 30.7 Å². The van der Waals surface area contributed by atoms with Crippen LogP contribution in [0.15, 0.2) is 11.4 Å². The molecule has 0 bridgehead atoms. The van der Waals surface area contributed by atoms with Gasteiger partial charge in [-0.1, -0.05) is 0 Å². The van der Waals surface area contributed by atoms with Gasteiger partial charge < -0.3 is 5.11 Å². The maximum absolute atomic E-state index is 8.88. The molecule has 0 aromatic carbocycles. The van der Waals surface area contributed by atoms with Gasteiger partial charge in [-0.2, -0.15) is 0 Å². The first-order valence-electron chi connectivity index (χ1n) is 6.29. The van der Waals surface area contributed by atoms with Crippen LogP contribution in [0.5, 0.6) is 0 Å². The number of aliphatic hydroxyl groups is 1. The second-order valence-corrected chi connectivity index (χ2v) is 6.79. The number of rotatable bonds is 6. The molecule has 2 aromatic rings. The lowest BCUT2D eigenvalue weighted by atomic mass is 10.1. The van der Waals surface area contributed by atoms with Crippen molar-refractivity contribution in [2.24, 2.45) is 0 Å². The quantitative estimate of drug-likeness (QED) is 0.878. The molecule has 2 rings (SSSR count). The summed E-state index contributed by atoms with van der Waals surface area (Å²) < 4.78 is 0. The van der Waals surface area contributed by atoms with E-state index in [1.165, 1.54) is 21.0 Å². The van der Waals surface area contributed by atoms with E-state index in [-0.39, 0.29) is 6.61 Å². The molecule has 0 unspecified atom stereocenters. The van der Waals surface area contributed by atoms with E-state index < -0.39 is 0 Å². The molecule has 0 saturated heterocycles. The van der Waals surface area contributed by atoms with E-state index in [2.05, 4.69) is 30.3 Å². The van der Waals surface area contributed by atoms with Crippen LogP contribution in [0.1, 0.15) is 32.4 Å². The van der Waals surface area contributed by atoms with Gasteiger partial charge in [0.1, 0.15) is 0 Å². The van der Waals surface area contributed by atoms with Crippen LogP contribution < -0.4 is 0 Å². The molecule has 0 amide bonds. The van der Waals surface area contributed by atoms with Crippen molar-refractivity contribution in [3.05, 3.63) is 37.5 Å². The van der Waals surface area contributed by atoms with E-state index in [1.54, 1.807) is 11.3 Å². The number of thiophene rings is 1. The predicted molar refractivity (Wildman–Crippen MR) is 78.7 cm³/mol. The van der Waals surface area contributed by atoms with Crippen LogP contribution in [0.25, 0.3) is 0 Å². The zero-order valence-corrected chi connectivity index (χ0v) is 12.5. The first-order valence-corrected chi connectivity index (χ1v) is 7.98. The Bertz CT molecular complexity index is 502. The second kappa shape index (κ2) is 6.45.